The van der Waals surface area contributed by atoms with Gasteiger partial charge in [0.2, 0.25) is 5.91 Å². The molecule has 0 radical (unpaired) electrons. The molecule has 0 saturated heterocycles. The Morgan fingerprint density at radius 3 is 3.00 bits per heavy atom. The van der Waals surface area contributed by atoms with Gasteiger partial charge in [-0.05, 0) is 13.3 Å². The Kier molecular flexibility index (Phi) is 3.64. The monoisotopic (exact) mass is 196 g/mol. The highest BCUT2D eigenvalue weighted by Crippen LogP contribution is 2.09. The third-order valence-electron chi connectivity index (χ3n) is 2.02. The number of aromatic amines is 1. The van der Waals surface area contributed by atoms with Gasteiger partial charge in [-0.3, -0.25) is 9.89 Å². The van der Waals surface area contributed by atoms with Crippen molar-refractivity contribution in [1.82, 2.24) is 10.2 Å². The Balaban J connectivity index is 2.53. The predicted octanol–water partition coefficient (Wildman–Crippen LogP) is 0.784. The Morgan fingerprint density at radius 1 is 1.79 bits per heavy atom. The van der Waals surface area contributed by atoms with Gasteiger partial charge in [-0.25, -0.2) is 0 Å². The van der Waals surface area contributed by atoms with Gasteiger partial charge in [0.25, 0.3) is 0 Å². The van der Waals surface area contributed by atoms with E-state index in [9.17, 15) is 4.79 Å². The van der Waals surface area contributed by atoms with E-state index >= 15 is 0 Å². The average Bonchev–Trinajstić information content (AvgIpc) is 2.52. The van der Waals surface area contributed by atoms with Gasteiger partial charge < -0.3 is 11.1 Å². The van der Waals surface area contributed by atoms with Gasteiger partial charge in [-0.1, -0.05) is 13.3 Å². The zero-order valence-corrected chi connectivity index (χ0v) is 8.50. The molecule has 14 heavy (non-hydrogen) atoms. The van der Waals surface area contributed by atoms with Crippen LogP contribution < -0.4 is 11.1 Å². The molecule has 1 heterocycles. The summed E-state index contributed by atoms with van der Waals surface area (Å²) in [5, 5.41) is 9.26. The van der Waals surface area contributed by atoms with E-state index in [0.717, 1.165) is 12.1 Å². The number of hydrogen-bond donors (Lipinski definition) is 3. The largest absolute Gasteiger partial charge is 0.322 e. The molecule has 0 aromatic carbocycles. The molecule has 78 valence electrons. The highest BCUT2D eigenvalue weighted by atomic mass is 16.2. The van der Waals surface area contributed by atoms with Crippen LogP contribution in [0.1, 0.15) is 25.5 Å². The lowest BCUT2D eigenvalue weighted by Gasteiger charge is -2.09. The molecule has 4 N–H and O–H groups in total. The molecule has 1 atom stereocenters. The topological polar surface area (TPSA) is 83.8 Å². The van der Waals surface area contributed by atoms with Gasteiger partial charge in [-0.2, -0.15) is 5.10 Å². The normalized spacial score (nSPS) is 12.5. The van der Waals surface area contributed by atoms with Gasteiger partial charge in [0.1, 0.15) is 0 Å². The van der Waals surface area contributed by atoms with Gasteiger partial charge in [0.05, 0.1) is 23.6 Å². The number of aryl methyl sites for hydroxylation is 1. The van der Waals surface area contributed by atoms with E-state index in [4.69, 9.17) is 5.73 Å². The SMILES string of the molecule is CCCC(N)C(=O)Nc1cn[nH]c1C. The van der Waals surface area contributed by atoms with E-state index in [0.29, 0.717) is 12.1 Å². The zero-order valence-electron chi connectivity index (χ0n) is 8.50. The number of nitrogens with two attached hydrogens (primary N) is 1. The Morgan fingerprint density at radius 2 is 2.50 bits per heavy atom. The summed E-state index contributed by atoms with van der Waals surface area (Å²) in [6.07, 6.45) is 3.17. The maximum Gasteiger partial charge on any atom is 0.241 e. The predicted molar refractivity (Wildman–Crippen MR) is 54.8 cm³/mol. The second-order valence-electron chi connectivity index (χ2n) is 3.29. The second-order valence-corrected chi connectivity index (χ2v) is 3.29. The number of carbonyl (C=O) groups excluding carboxylic acids is 1. The van der Waals surface area contributed by atoms with Crippen molar-refractivity contribution < 1.29 is 4.79 Å². The summed E-state index contributed by atoms with van der Waals surface area (Å²) in [6.45, 7) is 3.84. The molecule has 1 unspecified atom stereocenters. The van der Waals surface area contributed by atoms with Crippen molar-refractivity contribution >= 4 is 11.6 Å². The number of hydrogen-bond acceptors (Lipinski definition) is 3. The van der Waals surface area contributed by atoms with Crippen molar-refractivity contribution in [2.75, 3.05) is 5.32 Å². The minimum atomic E-state index is -0.436. The minimum Gasteiger partial charge on any atom is -0.322 e. The van der Waals surface area contributed by atoms with Crippen LogP contribution in [0.5, 0.6) is 0 Å². The fraction of sp³-hybridized carbons (Fsp3) is 0.556. The van der Waals surface area contributed by atoms with Crippen molar-refractivity contribution in [3.63, 3.8) is 0 Å². The maximum atomic E-state index is 11.5. The number of nitrogens with one attached hydrogen (secondary N) is 2. The van der Waals surface area contributed by atoms with Gasteiger partial charge >= 0.3 is 0 Å². The van der Waals surface area contributed by atoms with Crippen LogP contribution in [0.2, 0.25) is 0 Å². The van der Waals surface area contributed by atoms with E-state index in [2.05, 4.69) is 15.5 Å². The summed E-state index contributed by atoms with van der Waals surface area (Å²) in [5.74, 6) is -0.156. The number of amides is 1. The van der Waals surface area contributed by atoms with Crippen LogP contribution in [0.25, 0.3) is 0 Å². The molecule has 1 aromatic rings. The molecule has 1 aromatic heterocycles. The molecule has 5 heteroatoms. The number of H-pyrrole nitrogens is 1. The molecule has 0 bridgehead atoms. The Hall–Kier alpha value is -1.36. The third kappa shape index (κ3) is 2.56. The van der Waals surface area contributed by atoms with Crippen LogP contribution >= 0.6 is 0 Å². The summed E-state index contributed by atoms with van der Waals surface area (Å²) in [4.78, 5) is 11.5. The first kappa shape index (κ1) is 10.7. The summed E-state index contributed by atoms with van der Waals surface area (Å²) < 4.78 is 0. The van der Waals surface area contributed by atoms with Crippen molar-refractivity contribution in [3.8, 4) is 0 Å². The standard InChI is InChI=1S/C9H16N4O/c1-3-4-7(10)9(14)12-8-5-11-13-6(8)2/h5,7H,3-4,10H2,1-2H3,(H,11,13)(H,12,14). The molecule has 0 fully saturated rings. The van der Waals surface area contributed by atoms with Crippen molar-refractivity contribution in [2.24, 2.45) is 5.73 Å². The minimum absolute atomic E-state index is 0.156. The number of anilines is 1. The Bertz CT molecular complexity index is 308. The van der Waals surface area contributed by atoms with Crippen LogP contribution in [0.3, 0.4) is 0 Å². The van der Waals surface area contributed by atoms with E-state index in [1.807, 2.05) is 13.8 Å². The van der Waals surface area contributed by atoms with Crippen LogP contribution in [0.15, 0.2) is 6.20 Å². The van der Waals surface area contributed by atoms with Crippen molar-refractivity contribution in [1.29, 1.82) is 0 Å². The number of aromatic nitrogens is 2. The quantitative estimate of drug-likeness (QED) is 0.665. The van der Waals surface area contributed by atoms with Gasteiger partial charge in [0, 0.05) is 0 Å². The number of carbonyl (C=O) groups is 1. The molecule has 0 aliphatic carbocycles. The number of rotatable bonds is 4. The van der Waals surface area contributed by atoms with Crippen LogP contribution in [0.4, 0.5) is 5.69 Å². The summed E-state index contributed by atoms with van der Waals surface area (Å²) in [5.41, 5.74) is 7.18. The van der Waals surface area contributed by atoms with Crippen molar-refractivity contribution in [3.05, 3.63) is 11.9 Å². The van der Waals surface area contributed by atoms with E-state index in [1.165, 1.54) is 0 Å². The molecular formula is C9H16N4O. The summed E-state index contributed by atoms with van der Waals surface area (Å²) in [7, 11) is 0. The molecule has 1 amide bonds. The first-order valence-electron chi connectivity index (χ1n) is 4.71. The lowest BCUT2D eigenvalue weighted by Crippen LogP contribution is -2.35. The molecule has 0 spiro atoms. The lowest BCUT2D eigenvalue weighted by atomic mass is 10.1. The third-order valence-corrected chi connectivity index (χ3v) is 2.02. The number of nitrogens with zero attached hydrogens (tertiary/aromatic N) is 1. The fourth-order valence-electron chi connectivity index (χ4n) is 1.14. The molecule has 0 saturated carbocycles. The molecular weight excluding hydrogens is 180 g/mol. The summed E-state index contributed by atoms with van der Waals surface area (Å²) >= 11 is 0. The summed E-state index contributed by atoms with van der Waals surface area (Å²) in [6, 6.07) is -0.436. The van der Waals surface area contributed by atoms with Crippen molar-refractivity contribution in [2.45, 2.75) is 32.7 Å². The van der Waals surface area contributed by atoms with Crippen LogP contribution in [-0.4, -0.2) is 22.1 Å². The fourth-order valence-corrected chi connectivity index (χ4v) is 1.14. The first-order valence-corrected chi connectivity index (χ1v) is 4.71. The second kappa shape index (κ2) is 4.76. The van der Waals surface area contributed by atoms with Crippen LogP contribution in [-0.2, 0) is 4.79 Å². The van der Waals surface area contributed by atoms with E-state index in [1.54, 1.807) is 6.20 Å². The lowest BCUT2D eigenvalue weighted by molar-refractivity contribution is -0.117. The van der Waals surface area contributed by atoms with E-state index in [-0.39, 0.29) is 5.91 Å². The molecule has 0 aliphatic heterocycles. The molecule has 5 nitrogen and oxygen atoms in total. The maximum absolute atomic E-state index is 11.5. The van der Waals surface area contributed by atoms with Gasteiger partial charge in [0.15, 0.2) is 0 Å². The molecule has 0 aliphatic rings. The van der Waals surface area contributed by atoms with E-state index < -0.39 is 6.04 Å². The van der Waals surface area contributed by atoms with Crippen LogP contribution in [0, 0.1) is 6.92 Å². The Labute approximate surface area is 83.1 Å². The highest BCUT2D eigenvalue weighted by molar-refractivity contribution is 5.94. The first-order chi connectivity index (χ1) is 6.65. The van der Waals surface area contributed by atoms with Gasteiger partial charge in [-0.15, -0.1) is 0 Å². The average molecular weight is 196 g/mol. The highest BCUT2D eigenvalue weighted by Gasteiger charge is 2.13. The molecule has 1 rings (SSSR count). The zero-order chi connectivity index (χ0) is 10.6. The smallest absolute Gasteiger partial charge is 0.241 e.